The first-order valence-electron chi connectivity index (χ1n) is 4.63. The van der Waals surface area contributed by atoms with Gasteiger partial charge in [0.15, 0.2) is 5.82 Å². The van der Waals surface area contributed by atoms with Gasteiger partial charge in [0, 0.05) is 19.2 Å². The summed E-state index contributed by atoms with van der Waals surface area (Å²) < 4.78 is 18.8. The first kappa shape index (κ1) is 12.9. The van der Waals surface area contributed by atoms with Crippen LogP contribution in [0.1, 0.15) is 5.56 Å². The molecule has 1 aromatic rings. The van der Waals surface area contributed by atoms with E-state index in [0.29, 0.717) is 24.4 Å². The number of nitrogens with two attached hydrogens (primary N) is 1. The highest BCUT2D eigenvalue weighted by atomic mass is 79.9. The topological polar surface area (TPSA) is 71.1 Å². The summed E-state index contributed by atoms with van der Waals surface area (Å²) in [6, 6.07) is 3.14. The highest BCUT2D eigenvalue weighted by Gasteiger charge is 2.12. The van der Waals surface area contributed by atoms with Gasteiger partial charge in [0.25, 0.3) is 0 Å². The van der Waals surface area contributed by atoms with E-state index in [4.69, 9.17) is 15.9 Å². The lowest BCUT2D eigenvalue weighted by Gasteiger charge is -2.10. The molecule has 0 saturated carbocycles. The number of halogens is 2. The van der Waals surface area contributed by atoms with Crippen molar-refractivity contribution in [2.75, 3.05) is 25.6 Å². The molecule has 1 aromatic carbocycles. The first-order chi connectivity index (χ1) is 7.57. The van der Waals surface area contributed by atoms with Gasteiger partial charge >= 0.3 is 0 Å². The molecular formula is C10H13BrFN3O. The molecule has 0 unspecified atom stereocenters. The Labute approximate surface area is 102 Å². The smallest absolute Gasteiger partial charge is 0.161 e. The van der Waals surface area contributed by atoms with Gasteiger partial charge in [-0.2, -0.15) is 0 Å². The molecule has 1 rings (SSSR count). The van der Waals surface area contributed by atoms with Crippen LogP contribution in [-0.4, -0.2) is 26.1 Å². The zero-order valence-corrected chi connectivity index (χ0v) is 10.4. The van der Waals surface area contributed by atoms with E-state index in [9.17, 15) is 4.39 Å². The molecular weight excluding hydrogens is 277 g/mol. The minimum atomic E-state index is -0.455. The molecule has 0 fully saturated rings. The second kappa shape index (κ2) is 5.81. The van der Waals surface area contributed by atoms with Gasteiger partial charge in [-0.1, -0.05) is 0 Å². The van der Waals surface area contributed by atoms with E-state index in [1.807, 2.05) is 0 Å². The Morgan fingerprint density at radius 3 is 2.88 bits per heavy atom. The number of ether oxygens (including phenoxy) is 1. The molecule has 6 heteroatoms. The fourth-order valence-electron chi connectivity index (χ4n) is 1.18. The molecule has 0 saturated heterocycles. The lowest BCUT2D eigenvalue weighted by molar-refractivity contribution is 0.210. The van der Waals surface area contributed by atoms with Gasteiger partial charge in [-0.15, -0.1) is 0 Å². The van der Waals surface area contributed by atoms with Crippen LogP contribution in [0, 0.1) is 11.2 Å². The van der Waals surface area contributed by atoms with Crippen molar-refractivity contribution in [1.82, 2.24) is 0 Å². The van der Waals surface area contributed by atoms with Gasteiger partial charge in [0.2, 0.25) is 0 Å². The van der Waals surface area contributed by atoms with E-state index in [-0.39, 0.29) is 10.3 Å². The van der Waals surface area contributed by atoms with Crippen molar-refractivity contribution in [2.24, 2.45) is 5.73 Å². The quantitative estimate of drug-likeness (QED) is 0.441. The summed E-state index contributed by atoms with van der Waals surface area (Å²) in [6.45, 7) is 1.00. The van der Waals surface area contributed by atoms with Crippen molar-refractivity contribution < 1.29 is 9.13 Å². The Kier molecular flexibility index (Phi) is 4.70. The summed E-state index contributed by atoms with van der Waals surface area (Å²) in [5, 5.41) is 10.1. The minimum absolute atomic E-state index is 0.172. The Bertz CT molecular complexity index is 398. The molecule has 0 amide bonds. The SMILES string of the molecule is COCCNc1ccc(C(=N)N)c(Br)c1F. The van der Waals surface area contributed by atoms with Crippen LogP contribution in [0.5, 0.6) is 0 Å². The van der Waals surface area contributed by atoms with Crippen LogP contribution >= 0.6 is 15.9 Å². The maximum atomic E-state index is 13.7. The number of hydrogen-bond donors (Lipinski definition) is 3. The largest absolute Gasteiger partial charge is 0.384 e. The van der Waals surface area contributed by atoms with Gasteiger partial charge in [-0.3, -0.25) is 5.41 Å². The molecule has 0 heterocycles. The van der Waals surface area contributed by atoms with Crippen molar-refractivity contribution in [3.8, 4) is 0 Å². The fourth-order valence-corrected chi connectivity index (χ4v) is 1.74. The Morgan fingerprint density at radius 1 is 1.62 bits per heavy atom. The highest BCUT2D eigenvalue weighted by molar-refractivity contribution is 9.10. The second-order valence-corrected chi connectivity index (χ2v) is 3.91. The van der Waals surface area contributed by atoms with Crippen LogP contribution in [-0.2, 0) is 4.74 Å². The number of nitrogen functional groups attached to an aromatic ring is 1. The van der Waals surface area contributed by atoms with Gasteiger partial charge in [-0.25, -0.2) is 4.39 Å². The number of rotatable bonds is 5. The lowest BCUT2D eigenvalue weighted by Crippen LogP contribution is -2.14. The Balaban J connectivity index is 2.89. The molecule has 0 aromatic heterocycles. The fraction of sp³-hybridized carbons (Fsp3) is 0.300. The van der Waals surface area contributed by atoms with Gasteiger partial charge in [-0.05, 0) is 28.1 Å². The molecule has 4 N–H and O–H groups in total. The third kappa shape index (κ3) is 2.93. The van der Waals surface area contributed by atoms with Crippen LogP contribution in [0.3, 0.4) is 0 Å². The summed E-state index contributed by atoms with van der Waals surface area (Å²) >= 11 is 3.07. The van der Waals surface area contributed by atoms with Gasteiger partial charge < -0.3 is 15.8 Å². The van der Waals surface area contributed by atoms with E-state index in [1.54, 1.807) is 19.2 Å². The molecule has 16 heavy (non-hydrogen) atoms. The average molecular weight is 290 g/mol. The number of amidine groups is 1. The van der Waals surface area contributed by atoms with E-state index < -0.39 is 5.82 Å². The number of methoxy groups -OCH3 is 1. The van der Waals surface area contributed by atoms with Crippen LogP contribution in [0.25, 0.3) is 0 Å². The summed E-state index contributed by atoms with van der Waals surface area (Å²) in [5.74, 6) is -0.627. The summed E-state index contributed by atoms with van der Waals surface area (Å²) in [7, 11) is 1.58. The van der Waals surface area contributed by atoms with Crippen molar-refractivity contribution in [3.05, 3.63) is 28.0 Å². The maximum absolute atomic E-state index is 13.7. The molecule has 0 aliphatic carbocycles. The van der Waals surface area contributed by atoms with E-state index >= 15 is 0 Å². The van der Waals surface area contributed by atoms with Crippen LogP contribution < -0.4 is 11.1 Å². The molecule has 0 atom stereocenters. The van der Waals surface area contributed by atoms with Crippen molar-refractivity contribution in [3.63, 3.8) is 0 Å². The van der Waals surface area contributed by atoms with E-state index in [0.717, 1.165) is 0 Å². The molecule has 0 aliphatic heterocycles. The summed E-state index contributed by atoms with van der Waals surface area (Å²) in [4.78, 5) is 0. The molecule has 4 nitrogen and oxygen atoms in total. The Hall–Kier alpha value is -1.14. The highest BCUT2D eigenvalue weighted by Crippen LogP contribution is 2.26. The van der Waals surface area contributed by atoms with Crippen molar-refractivity contribution in [1.29, 1.82) is 5.41 Å². The molecule has 0 aliphatic rings. The third-order valence-corrected chi connectivity index (χ3v) is 2.77. The standard InChI is InChI=1S/C10H13BrFN3O/c1-16-5-4-15-7-3-2-6(10(13)14)8(11)9(7)12/h2-3,15H,4-5H2,1H3,(H3,13,14). The first-order valence-corrected chi connectivity index (χ1v) is 5.42. The van der Waals surface area contributed by atoms with E-state index in [2.05, 4.69) is 21.2 Å². The van der Waals surface area contributed by atoms with Crippen LogP contribution in [0.2, 0.25) is 0 Å². The normalized spacial score (nSPS) is 10.2. The number of nitrogens with one attached hydrogen (secondary N) is 2. The number of anilines is 1. The second-order valence-electron chi connectivity index (χ2n) is 3.12. The predicted octanol–water partition coefficient (Wildman–Crippen LogP) is 1.93. The lowest BCUT2D eigenvalue weighted by atomic mass is 10.2. The zero-order valence-electron chi connectivity index (χ0n) is 8.81. The van der Waals surface area contributed by atoms with Crippen LogP contribution in [0.15, 0.2) is 16.6 Å². The summed E-state index contributed by atoms with van der Waals surface area (Å²) in [5.41, 5.74) is 6.00. The number of hydrogen-bond acceptors (Lipinski definition) is 3. The molecule has 0 bridgehead atoms. The van der Waals surface area contributed by atoms with Gasteiger partial charge in [0.1, 0.15) is 5.84 Å². The monoisotopic (exact) mass is 289 g/mol. The maximum Gasteiger partial charge on any atom is 0.161 e. The molecule has 88 valence electrons. The van der Waals surface area contributed by atoms with Gasteiger partial charge in [0.05, 0.1) is 16.8 Å². The minimum Gasteiger partial charge on any atom is -0.384 e. The van der Waals surface area contributed by atoms with E-state index in [1.165, 1.54) is 0 Å². The van der Waals surface area contributed by atoms with Crippen molar-refractivity contribution in [2.45, 2.75) is 0 Å². The summed E-state index contributed by atoms with van der Waals surface area (Å²) in [6.07, 6.45) is 0. The zero-order chi connectivity index (χ0) is 12.1. The molecule has 0 radical (unpaired) electrons. The molecule has 0 spiro atoms. The third-order valence-electron chi connectivity index (χ3n) is 1.99. The average Bonchev–Trinajstić information content (AvgIpc) is 2.24. The van der Waals surface area contributed by atoms with Crippen LogP contribution in [0.4, 0.5) is 10.1 Å². The number of benzene rings is 1. The van der Waals surface area contributed by atoms with Crippen molar-refractivity contribution >= 4 is 27.5 Å². The predicted molar refractivity (Wildman–Crippen MR) is 65.5 cm³/mol. The Morgan fingerprint density at radius 2 is 2.31 bits per heavy atom.